The molecule has 0 bridgehead atoms. The Morgan fingerprint density at radius 2 is 1.73 bits per heavy atom. The van der Waals surface area contributed by atoms with Gasteiger partial charge in [0.2, 0.25) is 0 Å². The summed E-state index contributed by atoms with van der Waals surface area (Å²) in [5, 5.41) is 6.50. The van der Waals surface area contributed by atoms with E-state index < -0.39 is 5.91 Å². The van der Waals surface area contributed by atoms with E-state index in [1.165, 1.54) is 6.20 Å². The van der Waals surface area contributed by atoms with Crippen LogP contribution in [-0.2, 0) is 4.84 Å². The van der Waals surface area contributed by atoms with Crippen molar-refractivity contribution < 1.29 is 14.4 Å². The van der Waals surface area contributed by atoms with Crippen molar-refractivity contribution >= 4 is 28.9 Å². The summed E-state index contributed by atoms with van der Waals surface area (Å²) < 4.78 is 5.75. The minimum atomic E-state index is -0.448. The third-order valence-electron chi connectivity index (χ3n) is 5.23. The zero-order valence-corrected chi connectivity index (χ0v) is 21.3. The smallest absolute Gasteiger partial charge is 0.278 e. The number of aryl methyl sites for hydroxylation is 3. The molecule has 0 saturated heterocycles. The van der Waals surface area contributed by atoms with Crippen molar-refractivity contribution in [3.05, 3.63) is 71.7 Å². The van der Waals surface area contributed by atoms with Gasteiger partial charge in [0.05, 0.1) is 48.2 Å². The van der Waals surface area contributed by atoms with Gasteiger partial charge in [0.1, 0.15) is 17.5 Å². The molecule has 3 N–H and O–H groups in total. The fourth-order valence-electron chi connectivity index (χ4n) is 3.65. The van der Waals surface area contributed by atoms with Crippen molar-refractivity contribution in [2.75, 3.05) is 24.4 Å². The van der Waals surface area contributed by atoms with Crippen LogP contribution in [0.5, 0.6) is 5.75 Å². The van der Waals surface area contributed by atoms with E-state index in [-0.39, 0.29) is 5.56 Å². The number of aromatic nitrogens is 5. The van der Waals surface area contributed by atoms with Gasteiger partial charge in [-0.2, -0.15) is 0 Å². The van der Waals surface area contributed by atoms with E-state index in [9.17, 15) is 4.79 Å². The lowest BCUT2D eigenvalue weighted by Crippen LogP contribution is -2.24. The third-order valence-corrected chi connectivity index (χ3v) is 5.23. The highest BCUT2D eigenvalue weighted by Crippen LogP contribution is 2.37. The molecule has 0 aliphatic rings. The van der Waals surface area contributed by atoms with Crippen LogP contribution in [0.2, 0.25) is 0 Å². The topological polar surface area (TPSA) is 136 Å². The molecule has 37 heavy (non-hydrogen) atoms. The number of amides is 1. The van der Waals surface area contributed by atoms with Crippen molar-refractivity contribution in [2.24, 2.45) is 0 Å². The Balaban J connectivity index is 1.74. The molecule has 0 atom stereocenters. The van der Waals surface area contributed by atoms with Crippen LogP contribution in [0.1, 0.15) is 34.5 Å². The molecule has 0 radical (unpaired) electrons. The lowest BCUT2D eigenvalue weighted by Gasteiger charge is -2.17. The van der Waals surface area contributed by atoms with Crippen molar-refractivity contribution in [2.45, 2.75) is 27.7 Å². The number of nitrogens with zero attached hydrogens (tertiary/aromatic N) is 5. The van der Waals surface area contributed by atoms with Gasteiger partial charge in [0.15, 0.2) is 5.75 Å². The molecular formula is C26H28N8O3. The monoisotopic (exact) mass is 500 g/mol. The molecule has 0 aliphatic heterocycles. The summed E-state index contributed by atoms with van der Waals surface area (Å²) in [5.41, 5.74) is 6.84. The average Bonchev–Trinajstić information content (AvgIpc) is 2.87. The number of rotatable bonds is 9. The minimum absolute atomic E-state index is 0.275. The Labute approximate surface area is 214 Å². The fraction of sp³-hybridized carbons (Fsp3) is 0.231. The van der Waals surface area contributed by atoms with Gasteiger partial charge >= 0.3 is 0 Å². The third kappa shape index (κ3) is 6.14. The number of hydrogen-bond donors (Lipinski definition) is 3. The van der Waals surface area contributed by atoms with Gasteiger partial charge in [-0.1, -0.05) is 6.07 Å². The molecule has 0 spiro atoms. The number of ether oxygens (including phenoxy) is 1. The summed E-state index contributed by atoms with van der Waals surface area (Å²) in [6, 6.07) is 9.14. The second-order valence-corrected chi connectivity index (χ2v) is 8.10. The van der Waals surface area contributed by atoms with E-state index in [0.717, 1.165) is 17.0 Å². The highest BCUT2D eigenvalue weighted by molar-refractivity contribution is 6.00. The van der Waals surface area contributed by atoms with Gasteiger partial charge in [0, 0.05) is 35.8 Å². The van der Waals surface area contributed by atoms with Crippen molar-refractivity contribution in [1.82, 2.24) is 30.4 Å². The Morgan fingerprint density at radius 1 is 0.892 bits per heavy atom. The minimum Gasteiger partial charge on any atom is -0.494 e. The lowest BCUT2D eigenvalue weighted by molar-refractivity contribution is 0.0365. The number of carbonyl (C=O) groups excluding carboxylic acids is 1. The maximum atomic E-state index is 12.8. The van der Waals surface area contributed by atoms with Gasteiger partial charge in [-0.3, -0.25) is 19.6 Å². The summed E-state index contributed by atoms with van der Waals surface area (Å²) in [7, 11) is 1.58. The van der Waals surface area contributed by atoms with E-state index in [1.807, 2.05) is 45.0 Å². The maximum Gasteiger partial charge on any atom is 0.278 e. The van der Waals surface area contributed by atoms with E-state index in [1.54, 1.807) is 32.5 Å². The highest BCUT2D eigenvalue weighted by atomic mass is 16.6. The van der Waals surface area contributed by atoms with Gasteiger partial charge in [-0.05, 0) is 39.8 Å². The van der Waals surface area contributed by atoms with Crippen LogP contribution < -0.4 is 20.9 Å². The Morgan fingerprint density at radius 3 is 2.43 bits per heavy atom. The van der Waals surface area contributed by atoms with Crippen LogP contribution in [-0.4, -0.2) is 44.5 Å². The average molecular weight is 501 g/mol. The maximum absolute atomic E-state index is 12.8. The highest BCUT2D eigenvalue weighted by Gasteiger charge is 2.18. The first-order valence-corrected chi connectivity index (χ1v) is 11.6. The molecule has 11 heteroatoms. The number of nitrogens with one attached hydrogen (secondary N) is 3. The summed E-state index contributed by atoms with van der Waals surface area (Å²) in [4.78, 5) is 39.9. The molecule has 1 amide bonds. The standard InChI is InChI=1S/C26H28N8O3/c1-6-37-34-26(35)19-13-29-23(33-24-10-15(2)30-17(4)31-24)11-21(19)32-20-9-7-8-18(25(20)36-5)22-14-27-16(3)12-28-22/h7-14H,6H2,1-5H3,(H,34,35)(H2,29,30,31,32,33). The first-order valence-electron chi connectivity index (χ1n) is 11.6. The number of hydroxylamine groups is 1. The van der Waals surface area contributed by atoms with Crippen LogP contribution in [0.25, 0.3) is 11.3 Å². The summed E-state index contributed by atoms with van der Waals surface area (Å²) in [6.45, 7) is 7.68. The molecule has 0 unspecified atom stereocenters. The van der Waals surface area contributed by atoms with Gasteiger partial charge in [-0.25, -0.2) is 20.4 Å². The molecule has 0 aliphatic carbocycles. The number of para-hydroxylation sites is 1. The second-order valence-electron chi connectivity index (χ2n) is 8.10. The van der Waals surface area contributed by atoms with Crippen molar-refractivity contribution in [3.8, 4) is 17.0 Å². The zero-order chi connectivity index (χ0) is 26.4. The summed E-state index contributed by atoms with van der Waals surface area (Å²) in [6.07, 6.45) is 4.85. The molecule has 0 fully saturated rings. The van der Waals surface area contributed by atoms with Crippen LogP contribution in [0.15, 0.2) is 48.9 Å². The first kappa shape index (κ1) is 25.5. The molecule has 4 aromatic rings. The van der Waals surface area contributed by atoms with Gasteiger partial charge in [0.25, 0.3) is 5.91 Å². The molecule has 1 aromatic carbocycles. The second kappa shape index (κ2) is 11.4. The van der Waals surface area contributed by atoms with Crippen LogP contribution in [0, 0.1) is 20.8 Å². The molecule has 190 valence electrons. The van der Waals surface area contributed by atoms with E-state index in [4.69, 9.17) is 9.57 Å². The molecule has 4 rings (SSSR count). The summed E-state index contributed by atoms with van der Waals surface area (Å²) in [5.74, 6) is 1.80. The molecule has 3 heterocycles. The van der Waals surface area contributed by atoms with Gasteiger partial charge in [-0.15, -0.1) is 0 Å². The Bertz CT molecular complexity index is 1390. The van der Waals surface area contributed by atoms with E-state index in [2.05, 4.69) is 41.0 Å². The number of pyridine rings is 1. The summed E-state index contributed by atoms with van der Waals surface area (Å²) >= 11 is 0. The molecular weight excluding hydrogens is 472 g/mol. The van der Waals surface area contributed by atoms with Gasteiger partial charge < -0.3 is 15.4 Å². The van der Waals surface area contributed by atoms with Crippen LogP contribution in [0.4, 0.5) is 23.0 Å². The Kier molecular flexibility index (Phi) is 7.84. The Hall–Kier alpha value is -4.64. The largest absolute Gasteiger partial charge is 0.494 e. The fourth-order valence-corrected chi connectivity index (χ4v) is 3.65. The van der Waals surface area contributed by atoms with E-state index >= 15 is 0 Å². The molecule has 11 nitrogen and oxygen atoms in total. The number of carbonyl (C=O) groups is 1. The number of benzene rings is 1. The van der Waals surface area contributed by atoms with Crippen molar-refractivity contribution in [3.63, 3.8) is 0 Å². The lowest BCUT2D eigenvalue weighted by atomic mass is 10.1. The normalized spacial score (nSPS) is 10.6. The molecule has 3 aromatic heterocycles. The quantitative estimate of drug-likeness (QED) is 0.283. The van der Waals surface area contributed by atoms with Crippen molar-refractivity contribution in [1.29, 1.82) is 0 Å². The number of hydrogen-bond acceptors (Lipinski definition) is 10. The number of anilines is 4. The molecule has 0 saturated carbocycles. The SMILES string of the molecule is CCONC(=O)c1cnc(Nc2cc(C)nc(C)n2)cc1Nc1cccc(-c2cnc(C)cn2)c1OC. The number of methoxy groups -OCH3 is 1. The van der Waals surface area contributed by atoms with E-state index in [0.29, 0.717) is 46.9 Å². The van der Waals surface area contributed by atoms with Crippen LogP contribution >= 0.6 is 0 Å². The predicted octanol–water partition coefficient (Wildman–Crippen LogP) is 4.43. The predicted molar refractivity (Wildman–Crippen MR) is 140 cm³/mol. The first-order chi connectivity index (χ1) is 17.9. The zero-order valence-electron chi connectivity index (χ0n) is 21.3. The van der Waals surface area contributed by atoms with Crippen LogP contribution in [0.3, 0.4) is 0 Å².